The van der Waals surface area contributed by atoms with Gasteiger partial charge < -0.3 is 15.4 Å². The van der Waals surface area contributed by atoms with Crippen molar-refractivity contribution >= 4 is 11.7 Å². The zero-order chi connectivity index (χ0) is 20.8. The largest absolute Gasteiger partial charge is 0.474 e. The van der Waals surface area contributed by atoms with E-state index in [0.29, 0.717) is 43.5 Å². The van der Waals surface area contributed by atoms with E-state index in [2.05, 4.69) is 19.9 Å². The van der Waals surface area contributed by atoms with Crippen molar-refractivity contribution in [2.45, 2.75) is 45.6 Å². The minimum Gasteiger partial charge on any atom is -0.474 e. The third-order valence-electron chi connectivity index (χ3n) is 6.82. The maximum Gasteiger partial charge on any atom is 0.253 e. The number of nitrogens with zero attached hydrogens (tertiary/aromatic N) is 2. The Morgan fingerprint density at radius 3 is 2.52 bits per heavy atom. The van der Waals surface area contributed by atoms with E-state index in [1.807, 2.05) is 35.2 Å². The van der Waals surface area contributed by atoms with Gasteiger partial charge in [0.15, 0.2) is 5.88 Å². The normalized spacial score (nSPS) is 27.8. The van der Waals surface area contributed by atoms with E-state index in [1.54, 1.807) is 0 Å². The quantitative estimate of drug-likeness (QED) is 0.791. The second-order valence-electron chi connectivity index (χ2n) is 9.31. The van der Waals surface area contributed by atoms with E-state index in [1.165, 1.54) is 0 Å². The topological polar surface area (TPSA) is 96.4 Å². The second kappa shape index (κ2) is 6.91. The number of hydrogen-bond acceptors (Lipinski definition) is 5. The lowest BCUT2D eigenvalue weighted by molar-refractivity contribution is -0.149. The van der Waals surface area contributed by atoms with Crippen molar-refractivity contribution in [3.05, 3.63) is 47.4 Å². The van der Waals surface area contributed by atoms with Crippen LogP contribution in [0.25, 0.3) is 0 Å². The first-order valence-corrected chi connectivity index (χ1v) is 10.2. The highest BCUT2D eigenvalue weighted by atomic mass is 16.5. The highest BCUT2D eigenvalue weighted by molar-refractivity contribution is 5.94. The standard InChI is InChI=1S/C23H27N3O3/c1-22(2)12-17(27)19-18(13-22)29-20(25)16(14-24)23(19)8-10-26(11-9-23)21(28)15-6-4-3-5-7-15/h3-7,18-19H,8-13,25H2,1-2H3/t18-,19-/m1/s1. The fourth-order valence-electron chi connectivity index (χ4n) is 5.52. The average Bonchev–Trinajstić information content (AvgIpc) is 2.67. The van der Waals surface area contributed by atoms with Crippen LogP contribution in [0.15, 0.2) is 41.8 Å². The van der Waals surface area contributed by atoms with Crippen LogP contribution in [0.3, 0.4) is 0 Å². The molecule has 2 atom stereocenters. The summed E-state index contributed by atoms with van der Waals surface area (Å²) in [7, 11) is 0. The van der Waals surface area contributed by atoms with Gasteiger partial charge in [0.05, 0.1) is 11.5 Å². The van der Waals surface area contributed by atoms with Gasteiger partial charge in [0.1, 0.15) is 18.0 Å². The Morgan fingerprint density at radius 1 is 1.24 bits per heavy atom. The Labute approximate surface area is 171 Å². The van der Waals surface area contributed by atoms with Crippen LogP contribution >= 0.6 is 0 Å². The van der Waals surface area contributed by atoms with Crippen molar-refractivity contribution in [1.82, 2.24) is 4.90 Å². The van der Waals surface area contributed by atoms with E-state index in [9.17, 15) is 14.9 Å². The molecule has 2 N–H and O–H groups in total. The number of carbonyl (C=O) groups is 2. The zero-order valence-electron chi connectivity index (χ0n) is 17.0. The number of ketones is 1. The monoisotopic (exact) mass is 393 g/mol. The molecule has 6 nitrogen and oxygen atoms in total. The molecule has 152 valence electrons. The lowest BCUT2D eigenvalue weighted by Crippen LogP contribution is -2.58. The van der Waals surface area contributed by atoms with Gasteiger partial charge in [-0.2, -0.15) is 5.26 Å². The molecular formula is C23H27N3O3. The Morgan fingerprint density at radius 2 is 1.90 bits per heavy atom. The Kier molecular flexibility index (Phi) is 4.65. The first-order chi connectivity index (χ1) is 13.8. The maximum absolute atomic E-state index is 13.2. The van der Waals surface area contributed by atoms with Gasteiger partial charge in [0, 0.05) is 30.5 Å². The van der Waals surface area contributed by atoms with E-state index in [-0.39, 0.29) is 35.0 Å². The number of allylic oxidation sites excluding steroid dienone is 1. The number of hydrogen-bond donors (Lipinski definition) is 1. The molecule has 4 rings (SSSR count). The van der Waals surface area contributed by atoms with Gasteiger partial charge in [-0.25, -0.2) is 0 Å². The van der Waals surface area contributed by atoms with Crippen LogP contribution in [0.1, 0.15) is 49.9 Å². The number of amides is 1. The number of benzene rings is 1. The Hall–Kier alpha value is -2.81. The summed E-state index contributed by atoms with van der Waals surface area (Å²) in [5, 5.41) is 9.85. The molecule has 2 heterocycles. The van der Waals surface area contributed by atoms with Gasteiger partial charge >= 0.3 is 0 Å². The van der Waals surface area contributed by atoms with Crippen LogP contribution in [0.5, 0.6) is 0 Å². The smallest absolute Gasteiger partial charge is 0.253 e. The molecule has 0 unspecified atom stereocenters. The summed E-state index contributed by atoms with van der Waals surface area (Å²) in [6.45, 7) is 5.12. The van der Waals surface area contributed by atoms with E-state index in [4.69, 9.17) is 10.5 Å². The molecule has 0 radical (unpaired) electrons. The summed E-state index contributed by atoms with van der Waals surface area (Å²) in [6.07, 6.45) is 2.00. The van der Waals surface area contributed by atoms with Crippen LogP contribution < -0.4 is 5.73 Å². The van der Waals surface area contributed by atoms with Crippen molar-refractivity contribution in [3.63, 3.8) is 0 Å². The lowest BCUT2D eigenvalue weighted by Gasteiger charge is -2.53. The van der Waals surface area contributed by atoms with Crippen LogP contribution in [0.4, 0.5) is 0 Å². The number of Topliss-reactive ketones (excluding diaryl/α,β-unsaturated/α-hetero) is 1. The van der Waals surface area contributed by atoms with Gasteiger partial charge in [-0.15, -0.1) is 0 Å². The van der Waals surface area contributed by atoms with Gasteiger partial charge in [-0.3, -0.25) is 9.59 Å². The van der Waals surface area contributed by atoms with Gasteiger partial charge in [0.2, 0.25) is 0 Å². The summed E-state index contributed by atoms with van der Waals surface area (Å²) in [6, 6.07) is 11.4. The number of carbonyl (C=O) groups excluding carboxylic acids is 2. The summed E-state index contributed by atoms with van der Waals surface area (Å²) in [4.78, 5) is 27.9. The highest BCUT2D eigenvalue weighted by Gasteiger charge is 2.58. The summed E-state index contributed by atoms with van der Waals surface area (Å²) in [5.41, 5.74) is 6.42. The van der Waals surface area contributed by atoms with E-state index < -0.39 is 5.41 Å². The molecule has 1 aromatic carbocycles. The first kappa shape index (κ1) is 19.5. The van der Waals surface area contributed by atoms with E-state index >= 15 is 0 Å². The number of nitriles is 1. The van der Waals surface area contributed by atoms with Gasteiger partial charge in [-0.05, 0) is 36.8 Å². The number of piperidine rings is 1. The second-order valence-corrected chi connectivity index (χ2v) is 9.31. The Bertz CT molecular complexity index is 905. The predicted molar refractivity (Wildman–Crippen MR) is 107 cm³/mol. The first-order valence-electron chi connectivity index (χ1n) is 10.2. The minimum absolute atomic E-state index is 0.0179. The molecule has 2 aliphatic heterocycles. The molecule has 0 bridgehead atoms. The van der Waals surface area contributed by atoms with Crippen molar-refractivity contribution in [1.29, 1.82) is 5.26 Å². The fraction of sp³-hybridized carbons (Fsp3) is 0.522. The van der Waals surface area contributed by atoms with Crippen molar-refractivity contribution in [2.75, 3.05) is 13.1 Å². The number of ether oxygens (including phenoxy) is 1. The van der Waals surface area contributed by atoms with Gasteiger partial charge in [-0.1, -0.05) is 32.0 Å². The Balaban J connectivity index is 1.64. The molecule has 6 heteroatoms. The summed E-state index contributed by atoms with van der Waals surface area (Å²) in [5.74, 6) is -0.0847. The number of nitrogens with two attached hydrogens (primary N) is 1. The summed E-state index contributed by atoms with van der Waals surface area (Å²) >= 11 is 0. The molecule has 1 aliphatic carbocycles. The minimum atomic E-state index is -0.636. The molecule has 29 heavy (non-hydrogen) atoms. The van der Waals surface area contributed by atoms with Crippen LogP contribution in [-0.4, -0.2) is 35.8 Å². The van der Waals surface area contributed by atoms with Crippen molar-refractivity contribution < 1.29 is 14.3 Å². The van der Waals surface area contributed by atoms with Crippen LogP contribution in [0, 0.1) is 28.1 Å². The SMILES string of the molecule is CC1(C)CC(=O)[C@@H]2[C@@H](C1)OC(N)=C(C#N)C21CCN(C(=O)c2ccccc2)CC1. The highest BCUT2D eigenvalue weighted by Crippen LogP contribution is 2.55. The summed E-state index contributed by atoms with van der Waals surface area (Å²) < 4.78 is 5.90. The zero-order valence-corrected chi connectivity index (χ0v) is 17.0. The number of fused-ring (bicyclic) bond motifs is 2. The predicted octanol–water partition coefficient (Wildman–Crippen LogP) is 3.01. The molecule has 1 saturated heterocycles. The fourth-order valence-corrected chi connectivity index (χ4v) is 5.52. The van der Waals surface area contributed by atoms with Crippen LogP contribution in [0.2, 0.25) is 0 Å². The van der Waals surface area contributed by atoms with Crippen molar-refractivity contribution in [2.24, 2.45) is 22.5 Å². The third-order valence-corrected chi connectivity index (χ3v) is 6.82. The molecule has 3 aliphatic rings. The lowest BCUT2D eigenvalue weighted by atomic mass is 9.55. The average molecular weight is 393 g/mol. The van der Waals surface area contributed by atoms with Crippen LogP contribution in [-0.2, 0) is 9.53 Å². The molecule has 1 aromatic rings. The number of likely N-dealkylation sites (tertiary alicyclic amines) is 1. The third kappa shape index (κ3) is 3.19. The molecule has 1 saturated carbocycles. The molecule has 2 fully saturated rings. The van der Waals surface area contributed by atoms with E-state index in [0.717, 1.165) is 6.42 Å². The maximum atomic E-state index is 13.2. The molecular weight excluding hydrogens is 366 g/mol. The molecule has 0 aromatic heterocycles. The van der Waals surface area contributed by atoms with Gasteiger partial charge in [0.25, 0.3) is 5.91 Å². The number of rotatable bonds is 1. The molecule has 1 amide bonds. The van der Waals surface area contributed by atoms with Crippen molar-refractivity contribution in [3.8, 4) is 6.07 Å². The molecule has 1 spiro atoms.